The molecule has 0 bridgehead atoms. The fourth-order valence-corrected chi connectivity index (χ4v) is 3.27. The number of para-hydroxylation sites is 1. The summed E-state index contributed by atoms with van der Waals surface area (Å²) in [6.45, 7) is 5.40. The maximum atomic E-state index is 12.5. The molecule has 7 heteroatoms. The Morgan fingerprint density at radius 2 is 1.74 bits per heavy atom. The Morgan fingerprint density at radius 3 is 2.42 bits per heavy atom. The molecule has 2 aromatic heterocycles. The zero-order valence-corrected chi connectivity index (χ0v) is 17.4. The van der Waals surface area contributed by atoms with E-state index < -0.39 is 12.6 Å². The number of Topliss-reactive ketones (excluding diaryl/α,β-unsaturated/α-hetero) is 1. The van der Waals surface area contributed by atoms with E-state index in [-0.39, 0.29) is 11.5 Å². The van der Waals surface area contributed by atoms with E-state index in [0.717, 1.165) is 22.2 Å². The second-order valence-corrected chi connectivity index (χ2v) is 7.17. The summed E-state index contributed by atoms with van der Waals surface area (Å²) < 4.78 is 21.6. The summed E-state index contributed by atoms with van der Waals surface area (Å²) >= 11 is 0. The van der Waals surface area contributed by atoms with Gasteiger partial charge in [-0.1, -0.05) is 23.4 Å². The van der Waals surface area contributed by atoms with Gasteiger partial charge in [-0.25, -0.2) is 4.79 Å². The first-order valence-corrected chi connectivity index (χ1v) is 9.77. The van der Waals surface area contributed by atoms with Crippen molar-refractivity contribution in [1.82, 2.24) is 5.16 Å². The van der Waals surface area contributed by atoms with E-state index in [4.69, 9.17) is 18.4 Å². The fraction of sp³-hybridized carbons (Fsp3) is 0.208. The van der Waals surface area contributed by atoms with Crippen LogP contribution in [0.1, 0.15) is 43.5 Å². The number of aromatic nitrogens is 1. The minimum atomic E-state index is -0.598. The lowest BCUT2D eigenvalue weighted by atomic mass is 10.1. The summed E-state index contributed by atoms with van der Waals surface area (Å²) in [6.07, 6.45) is 0. The second-order valence-electron chi connectivity index (χ2n) is 7.17. The van der Waals surface area contributed by atoms with Crippen LogP contribution in [0.5, 0.6) is 5.75 Å². The number of nitrogens with zero attached hydrogens (tertiary/aromatic N) is 1. The molecule has 4 aromatic rings. The smallest absolute Gasteiger partial charge is 0.338 e. The van der Waals surface area contributed by atoms with Crippen LogP contribution in [0.3, 0.4) is 0 Å². The number of ether oxygens (including phenoxy) is 2. The van der Waals surface area contributed by atoms with Crippen molar-refractivity contribution < 1.29 is 28.0 Å². The molecular formula is C24H21NO6. The predicted molar refractivity (Wildman–Crippen MR) is 112 cm³/mol. The lowest BCUT2D eigenvalue weighted by Crippen LogP contribution is -2.14. The molecule has 0 N–H and O–H groups in total. The molecule has 0 spiro atoms. The Balaban J connectivity index is 1.35. The van der Waals surface area contributed by atoms with Gasteiger partial charge < -0.3 is 18.4 Å². The lowest BCUT2D eigenvalue weighted by Gasteiger charge is -2.07. The van der Waals surface area contributed by atoms with Crippen LogP contribution in [0.25, 0.3) is 11.0 Å². The zero-order chi connectivity index (χ0) is 22.0. The van der Waals surface area contributed by atoms with Crippen molar-refractivity contribution in [3.8, 4) is 5.75 Å². The molecule has 158 valence electrons. The van der Waals surface area contributed by atoms with E-state index in [2.05, 4.69) is 5.16 Å². The van der Waals surface area contributed by atoms with Gasteiger partial charge in [0.15, 0.2) is 12.4 Å². The number of carbonyl (C=O) groups excluding carboxylic acids is 2. The lowest BCUT2D eigenvalue weighted by molar-refractivity contribution is 0.0468. The summed E-state index contributed by atoms with van der Waals surface area (Å²) in [5.41, 5.74) is 3.35. The van der Waals surface area contributed by atoms with Gasteiger partial charge in [0.2, 0.25) is 5.78 Å². The normalized spacial score (nSPS) is 10.9. The fourth-order valence-electron chi connectivity index (χ4n) is 3.27. The minimum absolute atomic E-state index is 0.206. The Hall–Kier alpha value is -3.87. The molecule has 2 aromatic carbocycles. The zero-order valence-electron chi connectivity index (χ0n) is 17.4. The number of benzene rings is 2. The molecular weight excluding hydrogens is 398 g/mol. The van der Waals surface area contributed by atoms with E-state index in [1.54, 1.807) is 30.3 Å². The van der Waals surface area contributed by atoms with Crippen molar-refractivity contribution in [3.63, 3.8) is 0 Å². The quantitative estimate of drug-likeness (QED) is 0.309. The molecule has 0 aliphatic heterocycles. The van der Waals surface area contributed by atoms with Crippen LogP contribution in [0.4, 0.5) is 0 Å². The van der Waals surface area contributed by atoms with E-state index in [1.807, 2.05) is 39.0 Å². The van der Waals surface area contributed by atoms with Gasteiger partial charge in [0.05, 0.1) is 16.8 Å². The molecule has 0 radical (unpaired) electrons. The maximum absolute atomic E-state index is 12.5. The average molecular weight is 419 g/mol. The topological polar surface area (TPSA) is 91.8 Å². The highest BCUT2D eigenvalue weighted by Gasteiger charge is 2.19. The monoisotopic (exact) mass is 419 g/mol. The number of rotatable bonds is 7. The van der Waals surface area contributed by atoms with Crippen LogP contribution >= 0.6 is 0 Å². The molecule has 0 amide bonds. The number of hydrogen-bond acceptors (Lipinski definition) is 7. The van der Waals surface area contributed by atoms with Crippen LogP contribution in [0, 0.1) is 20.8 Å². The molecule has 4 rings (SSSR count). The highest BCUT2D eigenvalue weighted by atomic mass is 16.5. The summed E-state index contributed by atoms with van der Waals surface area (Å²) in [5.74, 6) is 0.519. The van der Waals surface area contributed by atoms with Gasteiger partial charge in [-0.2, -0.15) is 0 Å². The van der Waals surface area contributed by atoms with Crippen molar-refractivity contribution in [3.05, 3.63) is 82.4 Å². The van der Waals surface area contributed by atoms with Gasteiger partial charge in [0, 0.05) is 10.9 Å². The van der Waals surface area contributed by atoms with Crippen molar-refractivity contribution in [2.75, 3.05) is 6.61 Å². The number of esters is 1. The first-order chi connectivity index (χ1) is 14.9. The van der Waals surface area contributed by atoms with Crippen molar-refractivity contribution >= 4 is 22.7 Å². The average Bonchev–Trinajstić information content (AvgIpc) is 3.29. The Morgan fingerprint density at radius 1 is 1.00 bits per heavy atom. The summed E-state index contributed by atoms with van der Waals surface area (Å²) in [4.78, 5) is 24.8. The van der Waals surface area contributed by atoms with Gasteiger partial charge in [-0.3, -0.25) is 4.79 Å². The van der Waals surface area contributed by atoms with Crippen molar-refractivity contribution in [2.45, 2.75) is 27.4 Å². The summed E-state index contributed by atoms with van der Waals surface area (Å²) in [6, 6.07) is 13.9. The Labute approximate surface area is 178 Å². The third-order valence-corrected chi connectivity index (χ3v) is 5.09. The first kappa shape index (κ1) is 20.4. The highest BCUT2D eigenvalue weighted by molar-refractivity contribution is 6.02. The number of ketones is 1. The predicted octanol–water partition coefficient (Wildman–Crippen LogP) is 4.96. The van der Waals surface area contributed by atoms with E-state index in [9.17, 15) is 9.59 Å². The van der Waals surface area contributed by atoms with Gasteiger partial charge in [0.25, 0.3) is 0 Å². The largest absolute Gasteiger partial charge is 0.489 e. The van der Waals surface area contributed by atoms with Crippen LogP contribution in [-0.2, 0) is 11.3 Å². The molecule has 0 fully saturated rings. The van der Waals surface area contributed by atoms with Crippen molar-refractivity contribution in [2.24, 2.45) is 0 Å². The number of fused-ring (bicyclic) bond motifs is 1. The maximum Gasteiger partial charge on any atom is 0.338 e. The third-order valence-electron chi connectivity index (χ3n) is 5.09. The highest BCUT2D eigenvalue weighted by Crippen LogP contribution is 2.25. The molecule has 0 atom stereocenters. The number of furan rings is 1. The SMILES string of the molecule is Cc1noc(C)c1COc1ccc(C(=O)OCC(=O)c2oc3ccccc3c2C)cc1. The Bertz CT molecular complexity index is 1230. The van der Waals surface area contributed by atoms with E-state index >= 15 is 0 Å². The van der Waals surface area contributed by atoms with Crippen LogP contribution < -0.4 is 4.74 Å². The van der Waals surface area contributed by atoms with Crippen molar-refractivity contribution in [1.29, 1.82) is 0 Å². The third kappa shape index (κ3) is 4.21. The van der Waals surface area contributed by atoms with Gasteiger partial charge in [0.1, 0.15) is 23.7 Å². The van der Waals surface area contributed by atoms with Crippen LogP contribution in [0.2, 0.25) is 0 Å². The van der Waals surface area contributed by atoms with E-state index in [1.165, 1.54) is 0 Å². The molecule has 2 heterocycles. The second kappa shape index (κ2) is 8.47. The minimum Gasteiger partial charge on any atom is -0.489 e. The molecule has 0 saturated heterocycles. The molecule has 0 saturated carbocycles. The van der Waals surface area contributed by atoms with Gasteiger partial charge >= 0.3 is 5.97 Å². The van der Waals surface area contributed by atoms with Crippen LogP contribution in [-0.4, -0.2) is 23.5 Å². The Kier molecular flexibility index (Phi) is 5.58. The molecule has 0 aliphatic rings. The number of carbonyl (C=O) groups is 2. The van der Waals surface area contributed by atoms with Gasteiger partial charge in [-0.15, -0.1) is 0 Å². The van der Waals surface area contributed by atoms with Crippen LogP contribution in [0.15, 0.2) is 57.5 Å². The molecule has 0 unspecified atom stereocenters. The summed E-state index contributed by atoms with van der Waals surface area (Å²) in [7, 11) is 0. The standard InChI is InChI=1S/C24H21NO6/c1-14-19-6-4-5-7-22(19)30-23(14)21(26)13-29-24(27)17-8-10-18(11-9-17)28-12-20-15(2)25-31-16(20)3/h4-11H,12-13H2,1-3H3. The van der Waals surface area contributed by atoms with Gasteiger partial charge in [-0.05, 0) is 51.1 Å². The molecule has 31 heavy (non-hydrogen) atoms. The first-order valence-electron chi connectivity index (χ1n) is 9.77. The molecule has 0 aliphatic carbocycles. The number of aryl methyl sites for hydroxylation is 3. The number of hydrogen-bond donors (Lipinski definition) is 0. The van der Waals surface area contributed by atoms with E-state index in [0.29, 0.717) is 29.3 Å². The molecule has 7 nitrogen and oxygen atoms in total. The summed E-state index contributed by atoms with van der Waals surface area (Å²) in [5, 5.41) is 4.75.